The summed E-state index contributed by atoms with van der Waals surface area (Å²) in [5.41, 5.74) is 1.19. The Kier molecular flexibility index (Phi) is 4.07. The highest BCUT2D eigenvalue weighted by Crippen LogP contribution is 2.21. The SMILES string of the molecule is O=C(CCn1ccc2ccccc21)N1CCC[C@H]1Cn1cccn1. The molecule has 0 spiro atoms. The molecule has 1 saturated heterocycles. The van der Waals surface area contributed by atoms with E-state index in [0.29, 0.717) is 6.42 Å². The number of hydrogen-bond acceptors (Lipinski definition) is 2. The Morgan fingerprint density at radius 3 is 2.96 bits per heavy atom. The van der Waals surface area contributed by atoms with Crippen LogP contribution in [0.3, 0.4) is 0 Å². The van der Waals surface area contributed by atoms with Crippen molar-refractivity contribution in [3.05, 3.63) is 55.0 Å². The van der Waals surface area contributed by atoms with E-state index in [4.69, 9.17) is 0 Å². The van der Waals surface area contributed by atoms with Crippen molar-refractivity contribution in [1.82, 2.24) is 19.2 Å². The molecule has 1 aliphatic heterocycles. The lowest BCUT2D eigenvalue weighted by Gasteiger charge is -2.25. The van der Waals surface area contributed by atoms with E-state index >= 15 is 0 Å². The minimum atomic E-state index is 0.252. The zero-order valence-electron chi connectivity index (χ0n) is 13.7. The van der Waals surface area contributed by atoms with Crippen LogP contribution in [0.1, 0.15) is 19.3 Å². The Morgan fingerprint density at radius 2 is 2.08 bits per heavy atom. The number of para-hydroxylation sites is 1. The largest absolute Gasteiger partial charge is 0.347 e. The van der Waals surface area contributed by atoms with Gasteiger partial charge in [0.05, 0.1) is 12.6 Å². The van der Waals surface area contributed by atoms with Crippen molar-refractivity contribution in [1.29, 1.82) is 0 Å². The average Bonchev–Trinajstić information content (AvgIpc) is 3.34. The molecule has 1 aliphatic rings. The van der Waals surface area contributed by atoms with Gasteiger partial charge in [-0.2, -0.15) is 5.10 Å². The third-order valence-corrected chi connectivity index (χ3v) is 4.90. The van der Waals surface area contributed by atoms with Crippen LogP contribution in [0.4, 0.5) is 0 Å². The average molecular weight is 322 g/mol. The molecular formula is C19H22N4O. The number of nitrogens with zero attached hydrogens (tertiary/aromatic N) is 4. The maximum Gasteiger partial charge on any atom is 0.224 e. The highest BCUT2D eigenvalue weighted by molar-refractivity contribution is 5.80. The first-order valence-electron chi connectivity index (χ1n) is 8.62. The van der Waals surface area contributed by atoms with Gasteiger partial charge in [-0.3, -0.25) is 9.48 Å². The van der Waals surface area contributed by atoms with Gasteiger partial charge in [0.25, 0.3) is 0 Å². The first kappa shape index (κ1) is 15.0. The van der Waals surface area contributed by atoms with Crippen molar-refractivity contribution in [3.63, 3.8) is 0 Å². The van der Waals surface area contributed by atoms with Crippen LogP contribution < -0.4 is 0 Å². The molecule has 0 saturated carbocycles. The van der Waals surface area contributed by atoms with Crippen LogP contribution in [0.25, 0.3) is 10.9 Å². The molecule has 24 heavy (non-hydrogen) atoms. The van der Waals surface area contributed by atoms with Gasteiger partial charge >= 0.3 is 0 Å². The number of amides is 1. The van der Waals surface area contributed by atoms with Crippen LogP contribution in [-0.2, 0) is 17.9 Å². The normalized spacial score (nSPS) is 17.7. The van der Waals surface area contributed by atoms with Gasteiger partial charge in [0.15, 0.2) is 0 Å². The molecule has 3 heterocycles. The number of likely N-dealkylation sites (tertiary alicyclic amines) is 1. The van der Waals surface area contributed by atoms with Gasteiger partial charge in [0.2, 0.25) is 5.91 Å². The third-order valence-electron chi connectivity index (χ3n) is 4.90. The molecule has 1 amide bonds. The van der Waals surface area contributed by atoms with Crippen LogP contribution in [0.5, 0.6) is 0 Å². The smallest absolute Gasteiger partial charge is 0.224 e. The van der Waals surface area contributed by atoms with Gasteiger partial charge < -0.3 is 9.47 Å². The molecular weight excluding hydrogens is 300 g/mol. The van der Waals surface area contributed by atoms with Gasteiger partial charge in [-0.15, -0.1) is 0 Å². The second kappa shape index (κ2) is 6.51. The molecule has 2 aromatic heterocycles. The van der Waals surface area contributed by atoms with E-state index in [2.05, 4.69) is 34.1 Å². The Balaban J connectivity index is 1.40. The fourth-order valence-corrected chi connectivity index (χ4v) is 3.67. The molecule has 1 aromatic carbocycles. The molecule has 0 N–H and O–H groups in total. The van der Waals surface area contributed by atoms with Gasteiger partial charge in [0, 0.05) is 43.6 Å². The third kappa shape index (κ3) is 2.94. The van der Waals surface area contributed by atoms with Gasteiger partial charge in [-0.05, 0) is 36.4 Å². The summed E-state index contributed by atoms with van der Waals surface area (Å²) in [6.45, 7) is 2.40. The van der Waals surface area contributed by atoms with Crippen LogP contribution >= 0.6 is 0 Å². The molecule has 5 nitrogen and oxygen atoms in total. The Labute approximate surface area is 141 Å². The quantitative estimate of drug-likeness (QED) is 0.725. The summed E-state index contributed by atoms with van der Waals surface area (Å²) in [6, 6.07) is 12.6. The number of carbonyl (C=O) groups excluding carboxylic acids is 1. The highest BCUT2D eigenvalue weighted by atomic mass is 16.2. The fourth-order valence-electron chi connectivity index (χ4n) is 3.67. The van der Waals surface area contributed by atoms with E-state index in [1.54, 1.807) is 6.20 Å². The maximum absolute atomic E-state index is 12.7. The summed E-state index contributed by atoms with van der Waals surface area (Å²) >= 11 is 0. The van der Waals surface area contributed by atoms with Crippen LogP contribution in [-0.4, -0.2) is 37.7 Å². The van der Waals surface area contributed by atoms with Crippen molar-refractivity contribution >= 4 is 16.8 Å². The van der Waals surface area contributed by atoms with Crippen molar-refractivity contribution in [2.75, 3.05) is 6.54 Å². The second-order valence-corrected chi connectivity index (χ2v) is 6.43. The number of benzene rings is 1. The van der Waals surface area contributed by atoms with E-state index in [0.717, 1.165) is 32.5 Å². The summed E-state index contributed by atoms with van der Waals surface area (Å²) in [5, 5.41) is 5.49. The van der Waals surface area contributed by atoms with Crippen LogP contribution in [0.15, 0.2) is 55.0 Å². The number of rotatable bonds is 5. The monoisotopic (exact) mass is 322 g/mol. The lowest BCUT2D eigenvalue weighted by molar-refractivity contribution is -0.132. The Morgan fingerprint density at radius 1 is 1.17 bits per heavy atom. The number of aromatic nitrogens is 3. The fraction of sp³-hybridized carbons (Fsp3) is 0.368. The van der Waals surface area contributed by atoms with Crippen molar-refractivity contribution in [2.24, 2.45) is 0 Å². The number of hydrogen-bond donors (Lipinski definition) is 0. The van der Waals surface area contributed by atoms with Gasteiger partial charge in [0.1, 0.15) is 0 Å². The minimum Gasteiger partial charge on any atom is -0.347 e. The van der Waals surface area contributed by atoms with Crippen molar-refractivity contribution < 1.29 is 4.79 Å². The molecule has 5 heteroatoms. The first-order valence-corrected chi connectivity index (χ1v) is 8.62. The molecule has 1 fully saturated rings. The number of aryl methyl sites for hydroxylation is 1. The maximum atomic E-state index is 12.7. The molecule has 1 atom stereocenters. The zero-order valence-corrected chi connectivity index (χ0v) is 13.7. The summed E-state index contributed by atoms with van der Waals surface area (Å²) in [7, 11) is 0. The predicted octanol–water partition coefficient (Wildman–Crippen LogP) is 2.92. The van der Waals surface area contributed by atoms with E-state index in [9.17, 15) is 4.79 Å². The molecule has 4 rings (SSSR count). The molecule has 0 bridgehead atoms. The summed E-state index contributed by atoms with van der Waals surface area (Å²) in [5.74, 6) is 0.252. The summed E-state index contributed by atoms with van der Waals surface area (Å²) < 4.78 is 4.10. The van der Waals surface area contributed by atoms with E-state index in [1.165, 1.54) is 10.9 Å². The predicted molar refractivity (Wildman–Crippen MR) is 93.5 cm³/mol. The zero-order chi connectivity index (χ0) is 16.4. The topological polar surface area (TPSA) is 43.1 Å². The second-order valence-electron chi connectivity index (χ2n) is 6.43. The molecule has 0 unspecified atom stereocenters. The molecule has 3 aromatic rings. The van der Waals surface area contributed by atoms with Crippen LogP contribution in [0.2, 0.25) is 0 Å². The van der Waals surface area contributed by atoms with Crippen molar-refractivity contribution in [3.8, 4) is 0 Å². The Bertz CT molecular complexity index is 821. The van der Waals surface area contributed by atoms with Crippen molar-refractivity contribution in [2.45, 2.75) is 38.4 Å². The lowest BCUT2D eigenvalue weighted by Crippen LogP contribution is -2.38. The van der Waals surface area contributed by atoms with Gasteiger partial charge in [-0.25, -0.2) is 0 Å². The van der Waals surface area contributed by atoms with E-state index in [1.807, 2.05) is 34.0 Å². The lowest BCUT2D eigenvalue weighted by atomic mass is 10.2. The summed E-state index contributed by atoms with van der Waals surface area (Å²) in [4.78, 5) is 14.7. The summed E-state index contributed by atoms with van der Waals surface area (Å²) in [6.07, 6.45) is 8.53. The highest BCUT2D eigenvalue weighted by Gasteiger charge is 2.28. The standard InChI is InChI=1S/C19H22N4O/c24-19(9-14-21-13-8-16-5-1-2-7-18(16)21)23-12-3-6-17(23)15-22-11-4-10-20-22/h1-2,4-5,7-8,10-11,13,17H,3,6,9,12,14-15H2/t17-/m0/s1. The molecule has 0 radical (unpaired) electrons. The Hall–Kier alpha value is -2.56. The van der Waals surface area contributed by atoms with Crippen LogP contribution in [0, 0.1) is 0 Å². The van der Waals surface area contributed by atoms with E-state index in [-0.39, 0.29) is 11.9 Å². The molecule has 0 aliphatic carbocycles. The van der Waals surface area contributed by atoms with E-state index < -0.39 is 0 Å². The van der Waals surface area contributed by atoms with Gasteiger partial charge in [-0.1, -0.05) is 18.2 Å². The minimum absolute atomic E-state index is 0.252. The number of fused-ring (bicyclic) bond motifs is 1. The number of carbonyl (C=O) groups is 1. The first-order chi connectivity index (χ1) is 11.8. The molecule has 124 valence electrons.